The fraction of sp³-hybridized carbons (Fsp3) is 0.500. The monoisotopic (exact) mass is 212 g/mol. The molecule has 0 aromatic carbocycles. The zero-order valence-electron chi connectivity index (χ0n) is 8.56. The minimum Gasteiger partial charge on any atom is -0.476 e. The highest BCUT2D eigenvalue weighted by molar-refractivity contribution is 5.58. The molecule has 0 spiro atoms. The molecule has 0 radical (unpaired) electrons. The molecule has 15 heavy (non-hydrogen) atoms. The SMILES string of the molecule is CCCc1nc(N)c([N+](=O)[O-])c(OC)n1. The number of nitro groups is 1. The molecule has 1 aromatic rings. The molecule has 0 aliphatic carbocycles. The second kappa shape index (κ2) is 4.54. The lowest BCUT2D eigenvalue weighted by Gasteiger charge is -2.04. The molecule has 0 aliphatic rings. The molecule has 1 heterocycles. The average Bonchev–Trinajstić information content (AvgIpc) is 2.16. The summed E-state index contributed by atoms with van der Waals surface area (Å²) in [6.07, 6.45) is 1.44. The van der Waals surface area contributed by atoms with Crippen LogP contribution in [0.15, 0.2) is 0 Å². The van der Waals surface area contributed by atoms with Crippen molar-refractivity contribution in [1.82, 2.24) is 9.97 Å². The van der Waals surface area contributed by atoms with Gasteiger partial charge in [0.1, 0.15) is 5.82 Å². The van der Waals surface area contributed by atoms with E-state index in [0.717, 1.165) is 6.42 Å². The number of hydrogen-bond acceptors (Lipinski definition) is 6. The molecule has 0 saturated carbocycles. The van der Waals surface area contributed by atoms with Crippen LogP contribution in [0.5, 0.6) is 5.88 Å². The van der Waals surface area contributed by atoms with Crippen molar-refractivity contribution in [3.63, 3.8) is 0 Å². The second-order valence-corrected chi connectivity index (χ2v) is 2.89. The smallest absolute Gasteiger partial charge is 0.372 e. The van der Waals surface area contributed by atoms with Crippen LogP contribution >= 0.6 is 0 Å². The fourth-order valence-electron chi connectivity index (χ4n) is 1.15. The maximum atomic E-state index is 10.6. The first-order valence-corrected chi connectivity index (χ1v) is 4.44. The maximum Gasteiger partial charge on any atom is 0.372 e. The number of aromatic nitrogens is 2. The van der Waals surface area contributed by atoms with Crippen molar-refractivity contribution in [2.24, 2.45) is 0 Å². The van der Waals surface area contributed by atoms with Crippen LogP contribution in [0.2, 0.25) is 0 Å². The zero-order valence-corrected chi connectivity index (χ0v) is 8.56. The summed E-state index contributed by atoms with van der Waals surface area (Å²) < 4.78 is 4.80. The lowest BCUT2D eigenvalue weighted by atomic mass is 10.3. The first-order chi connectivity index (χ1) is 7.10. The number of methoxy groups -OCH3 is 1. The van der Waals surface area contributed by atoms with E-state index in [1.807, 2.05) is 6.92 Å². The fourth-order valence-corrected chi connectivity index (χ4v) is 1.15. The van der Waals surface area contributed by atoms with Crippen LogP contribution in [0.3, 0.4) is 0 Å². The van der Waals surface area contributed by atoms with Gasteiger partial charge in [0, 0.05) is 6.42 Å². The Morgan fingerprint density at radius 2 is 2.20 bits per heavy atom. The maximum absolute atomic E-state index is 10.6. The van der Waals surface area contributed by atoms with E-state index in [1.165, 1.54) is 7.11 Å². The third-order valence-electron chi connectivity index (χ3n) is 1.77. The normalized spacial score (nSPS) is 10.0. The number of hydrogen-bond donors (Lipinski definition) is 1. The van der Waals surface area contributed by atoms with Gasteiger partial charge in [-0.15, -0.1) is 0 Å². The largest absolute Gasteiger partial charge is 0.476 e. The molecule has 0 aliphatic heterocycles. The van der Waals surface area contributed by atoms with Crippen molar-refractivity contribution in [3.05, 3.63) is 15.9 Å². The molecule has 0 amide bonds. The van der Waals surface area contributed by atoms with E-state index < -0.39 is 4.92 Å². The predicted octanol–water partition coefficient (Wildman–Crippen LogP) is 0.928. The molecule has 1 rings (SSSR count). The van der Waals surface area contributed by atoms with Crippen molar-refractivity contribution < 1.29 is 9.66 Å². The van der Waals surface area contributed by atoms with Gasteiger partial charge in [-0.2, -0.15) is 4.98 Å². The Morgan fingerprint density at radius 1 is 1.53 bits per heavy atom. The van der Waals surface area contributed by atoms with Crippen LogP contribution in [0, 0.1) is 10.1 Å². The first kappa shape index (κ1) is 11.2. The summed E-state index contributed by atoms with van der Waals surface area (Å²) in [5, 5.41) is 10.6. The van der Waals surface area contributed by atoms with Gasteiger partial charge in [-0.05, 0) is 6.42 Å². The predicted molar refractivity (Wildman–Crippen MR) is 53.6 cm³/mol. The first-order valence-electron chi connectivity index (χ1n) is 4.44. The van der Waals surface area contributed by atoms with Gasteiger partial charge in [0.15, 0.2) is 0 Å². The summed E-state index contributed by atoms with van der Waals surface area (Å²) in [6, 6.07) is 0. The minimum absolute atomic E-state index is 0.0871. The van der Waals surface area contributed by atoms with E-state index in [1.54, 1.807) is 0 Å². The highest BCUT2D eigenvalue weighted by atomic mass is 16.6. The zero-order chi connectivity index (χ0) is 11.4. The number of nitrogens with zero attached hydrogens (tertiary/aromatic N) is 3. The second-order valence-electron chi connectivity index (χ2n) is 2.89. The van der Waals surface area contributed by atoms with Gasteiger partial charge in [-0.25, -0.2) is 4.98 Å². The summed E-state index contributed by atoms with van der Waals surface area (Å²) in [7, 11) is 1.31. The van der Waals surface area contributed by atoms with Crippen molar-refractivity contribution in [1.29, 1.82) is 0 Å². The highest BCUT2D eigenvalue weighted by Crippen LogP contribution is 2.29. The molecule has 0 saturated heterocycles. The molecule has 7 heteroatoms. The van der Waals surface area contributed by atoms with Gasteiger partial charge < -0.3 is 10.5 Å². The Morgan fingerprint density at radius 3 is 2.67 bits per heavy atom. The Bertz CT molecular complexity index is 380. The Kier molecular flexibility index (Phi) is 3.37. The molecular formula is C8H12N4O3. The summed E-state index contributed by atoms with van der Waals surface area (Å²) >= 11 is 0. The summed E-state index contributed by atoms with van der Waals surface area (Å²) in [5.74, 6) is 0.212. The number of nitrogen functional groups attached to an aromatic ring is 1. The van der Waals surface area contributed by atoms with E-state index in [-0.39, 0.29) is 17.4 Å². The van der Waals surface area contributed by atoms with Crippen LogP contribution < -0.4 is 10.5 Å². The number of nitrogens with two attached hydrogens (primary N) is 1. The number of anilines is 1. The third-order valence-corrected chi connectivity index (χ3v) is 1.77. The Balaban J connectivity index is 3.24. The third kappa shape index (κ3) is 2.30. The van der Waals surface area contributed by atoms with E-state index in [9.17, 15) is 10.1 Å². The minimum atomic E-state index is -0.649. The topological polar surface area (TPSA) is 104 Å². The van der Waals surface area contributed by atoms with Crippen LogP contribution in [-0.2, 0) is 6.42 Å². The van der Waals surface area contributed by atoms with Gasteiger partial charge >= 0.3 is 5.69 Å². The standard InChI is InChI=1S/C8H12N4O3/c1-3-4-5-10-7(9)6(12(13)14)8(11-5)15-2/h3-4H2,1-2H3,(H2,9,10,11). The van der Waals surface area contributed by atoms with E-state index in [4.69, 9.17) is 10.5 Å². The van der Waals surface area contributed by atoms with Crippen LogP contribution in [0.1, 0.15) is 19.2 Å². The molecule has 82 valence electrons. The number of ether oxygens (including phenoxy) is 1. The van der Waals surface area contributed by atoms with E-state index >= 15 is 0 Å². The lowest BCUT2D eigenvalue weighted by molar-refractivity contribution is -0.385. The van der Waals surface area contributed by atoms with Crippen LogP contribution in [0.25, 0.3) is 0 Å². The van der Waals surface area contributed by atoms with Crippen LogP contribution in [0.4, 0.5) is 11.5 Å². The summed E-state index contributed by atoms with van der Waals surface area (Å²) in [5.41, 5.74) is 5.08. The lowest BCUT2D eigenvalue weighted by Crippen LogP contribution is -2.07. The van der Waals surface area contributed by atoms with Gasteiger partial charge in [0.05, 0.1) is 12.0 Å². The van der Waals surface area contributed by atoms with Gasteiger partial charge in [-0.3, -0.25) is 10.1 Å². The average molecular weight is 212 g/mol. The van der Waals surface area contributed by atoms with Gasteiger partial charge in [0.25, 0.3) is 5.88 Å². The number of rotatable bonds is 4. The summed E-state index contributed by atoms with van der Waals surface area (Å²) in [4.78, 5) is 17.7. The Hall–Kier alpha value is -1.92. The van der Waals surface area contributed by atoms with Gasteiger partial charge in [0.2, 0.25) is 5.82 Å². The van der Waals surface area contributed by atoms with Crippen molar-refractivity contribution >= 4 is 11.5 Å². The van der Waals surface area contributed by atoms with E-state index in [2.05, 4.69) is 9.97 Å². The molecule has 0 fully saturated rings. The molecular weight excluding hydrogens is 200 g/mol. The van der Waals surface area contributed by atoms with Gasteiger partial charge in [-0.1, -0.05) is 6.92 Å². The Labute approximate surface area is 86.4 Å². The molecule has 7 nitrogen and oxygen atoms in total. The number of aryl methyl sites for hydroxylation is 1. The van der Waals surface area contributed by atoms with Crippen LogP contribution in [-0.4, -0.2) is 22.0 Å². The quantitative estimate of drug-likeness (QED) is 0.588. The highest BCUT2D eigenvalue weighted by Gasteiger charge is 2.23. The van der Waals surface area contributed by atoms with Crippen molar-refractivity contribution in [2.45, 2.75) is 19.8 Å². The molecule has 1 aromatic heterocycles. The molecule has 0 bridgehead atoms. The van der Waals surface area contributed by atoms with Crippen molar-refractivity contribution in [3.8, 4) is 5.88 Å². The molecule has 0 unspecified atom stereocenters. The summed E-state index contributed by atoms with van der Waals surface area (Å²) in [6.45, 7) is 1.95. The molecule has 2 N–H and O–H groups in total. The van der Waals surface area contributed by atoms with E-state index in [0.29, 0.717) is 12.2 Å². The molecule has 0 atom stereocenters. The van der Waals surface area contributed by atoms with Crippen molar-refractivity contribution in [2.75, 3.05) is 12.8 Å².